The van der Waals surface area contributed by atoms with Gasteiger partial charge in [0.2, 0.25) is 0 Å². The lowest BCUT2D eigenvalue weighted by Crippen LogP contribution is -2.39. The van der Waals surface area contributed by atoms with Gasteiger partial charge in [-0.25, -0.2) is 17.6 Å². The molecule has 1 aromatic carbocycles. The van der Waals surface area contributed by atoms with Gasteiger partial charge in [0.1, 0.15) is 0 Å². The van der Waals surface area contributed by atoms with Crippen LogP contribution in [0.25, 0.3) is 0 Å². The zero-order valence-corrected chi connectivity index (χ0v) is 11.2. The molecule has 0 fully saturated rings. The third-order valence-electron chi connectivity index (χ3n) is 2.29. The Labute approximate surface area is 107 Å². The van der Waals surface area contributed by atoms with Gasteiger partial charge in [-0.2, -0.15) is 0 Å². The molecule has 0 saturated carbocycles. The van der Waals surface area contributed by atoms with Crippen LogP contribution in [0, 0.1) is 0 Å². The fourth-order valence-electron chi connectivity index (χ4n) is 1.26. The Balaban J connectivity index is 2.69. The molecular formula is C10H10Cl2F4Si. The molecule has 0 saturated heterocycles. The summed E-state index contributed by atoms with van der Waals surface area (Å²) in [6.07, 6.45) is -4.69. The molecule has 96 valence electrons. The number of halogens is 6. The highest BCUT2D eigenvalue weighted by molar-refractivity contribution is 7.50. The summed E-state index contributed by atoms with van der Waals surface area (Å²) in [5.74, 6) is -4.03. The van der Waals surface area contributed by atoms with Gasteiger partial charge in [-0.1, -0.05) is 30.3 Å². The van der Waals surface area contributed by atoms with Crippen molar-refractivity contribution in [2.75, 3.05) is 0 Å². The molecule has 0 bridgehead atoms. The molecular weight excluding hydrogens is 295 g/mol. The third kappa shape index (κ3) is 4.15. The summed E-state index contributed by atoms with van der Waals surface area (Å²) in [6, 6.07) is 8.01. The molecule has 7 heteroatoms. The summed E-state index contributed by atoms with van der Waals surface area (Å²) >= 11 is 12.0. The zero-order valence-electron chi connectivity index (χ0n) is 8.65. The average Bonchev–Trinajstić information content (AvgIpc) is 2.28. The number of rotatable bonds is 5. The Morgan fingerprint density at radius 3 is 2.12 bits per heavy atom. The SMILES string of the molecule is FC(F)C(F)(F)CC[Si](Cl)(Cl)c1ccccc1. The molecule has 0 N–H and O–H groups in total. The first-order chi connectivity index (χ1) is 7.76. The lowest BCUT2D eigenvalue weighted by Gasteiger charge is -2.21. The van der Waals surface area contributed by atoms with Crippen LogP contribution in [0.4, 0.5) is 17.6 Å². The molecule has 0 aliphatic rings. The van der Waals surface area contributed by atoms with Crippen molar-refractivity contribution in [2.45, 2.75) is 24.8 Å². The predicted octanol–water partition coefficient (Wildman–Crippen LogP) is 4.10. The topological polar surface area (TPSA) is 0 Å². The minimum absolute atomic E-state index is 0.308. The highest BCUT2D eigenvalue weighted by Crippen LogP contribution is 2.33. The van der Waals surface area contributed by atoms with Crippen LogP contribution < -0.4 is 5.19 Å². The van der Waals surface area contributed by atoms with Gasteiger partial charge in [0, 0.05) is 6.42 Å². The van der Waals surface area contributed by atoms with Crippen LogP contribution in [0.1, 0.15) is 6.42 Å². The van der Waals surface area contributed by atoms with E-state index >= 15 is 0 Å². The van der Waals surface area contributed by atoms with E-state index in [0.29, 0.717) is 5.19 Å². The number of benzene rings is 1. The predicted molar refractivity (Wildman–Crippen MR) is 63.9 cm³/mol. The molecule has 1 rings (SSSR count). The second kappa shape index (κ2) is 5.59. The van der Waals surface area contributed by atoms with Gasteiger partial charge in [0.25, 0.3) is 6.69 Å². The van der Waals surface area contributed by atoms with Gasteiger partial charge in [-0.05, 0) is 11.2 Å². The molecule has 1 aromatic rings. The van der Waals surface area contributed by atoms with E-state index in [1.54, 1.807) is 30.3 Å². The Morgan fingerprint density at radius 2 is 1.65 bits per heavy atom. The van der Waals surface area contributed by atoms with E-state index in [1.165, 1.54) is 0 Å². The van der Waals surface area contributed by atoms with Crippen LogP contribution in [0.15, 0.2) is 30.3 Å². The number of alkyl halides is 4. The van der Waals surface area contributed by atoms with Gasteiger partial charge >= 0.3 is 12.3 Å². The van der Waals surface area contributed by atoms with E-state index in [1.807, 2.05) is 0 Å². The average molecular weight is 305 g/mol. The number of hydrogen-bond acceptors (Lipinski definition) is 0. The van der Waals surface area contributed by atoms with Crippen molar-refractivity contribution in [1.29, 1.82) is 0 Å². The van der Waals surface area contributed by atoms with Crippen molar-refractivity contribution >= 4 is 34.0 Å². The van der Waals surface area contributed by atoms with Crippen molar-refractivity contribution < 1.29 is 17.6 Å². The summed E-state index contributed by atoms with van der Waals surface area (Å²) in [5.41, 5.74) is 0. The Bertz CT molecular complexity index is 357. The molecule has 0 spiro atoms. The summed E-state index contributed by atoms with van der Waals surface area (Å²) in [5, 5.41) is 0.549. The van der Waals surface area contributed by atoms with Crippen LogP contribution >= 0.6 is 22.2 Å². The van der Waals surface area contributed by atoms with Crippen molar-refractivity contribution in [3.8, 4) is 0 Å². The minimum Gasteiger partial charge on any atom is -0.204 e. The van der Waals surface area contributed by atoms with E-state index < -0.39 is 25.5 Å². The summed E-state index contributed by atoms with van der Waals surface area (Å²) < 4.78 is 49.4. The highest BCUT2D eigenvalue weighted by Gasteiger charge is 2.43. The maximum atomic E-state index is 12.7. The molecule has 0 amide bonds. The minimum atomic E-state index is -4.03. The fourth-order valence-corrected chi connectivity index (χ4v) is 4.20. The third-order valence-corrected chi connectivity index (χ3v) is 6.79. The van der Waals surface area contributed by atoms with E-state index in [9.17, 15) is 17.6 Å². The van der Waals surface area contributed by atoms with Crippen LogP contribution in [-0.4, -0.2) is 19.0 Å². The molecule has 0 radical (unpaired) electrons. The maximum absolute atomic E-state index is 12.7. The van der Waals surface area contributed by atoms with E-state index in [0.717, 1.165) is 0 Å². The molecule has 0 nitrogen and oxygen atoms in total. The molecule has 0 aromatic heterocycles. The second-order valence-electron chi connectivity index (χ2n) is 3.63. The monoisotopic (exact) mass is 304 g/mol. The normalized spacial score (nSPS) is 13.1. The van der Waals surface area contributed by atoms with E-state index in [2.05, 4.69) is 0 Å². The summed E-state index contributed by atoms with van der Waals surface area (Å²) in [4.78, 5) is 0. The standard InChI is InChI=1S/C10H10Cl2F4Si/c11-17(12,8-4-2-1-3-5-8)7-6-10(15,16)9(13)14/h1-5,9H,6-7H2. The van der Waals surface area contributed by atoms with Gasteiger partial charge in [0.05, 0.1) is 0 Å². The Hall–Kier alpha value is -0.263. The first-order valence-electron chi connectivity index (χ1n) is 4.85. The van der Waals surface area contributed by atoms with Crippen molar-refractivity contribution in [1.82, 2.24) is 0 Å². The highest BCUT2D eigenvalue weighted by atomic mass is 35.7. The second-order valence-corrected chi connectivity index (χ2v) is 10.6. The lowest BCUT2D eigenvalue weighted by atomic mass is 10.3. The van der Waals surface area contributed by atoms with Gasteiger partial charge < -0.3 is 0 Å². The Kier molecular flexibility index (Phi) is 4.86. The first kappa shape index (κ1) is 14.8. The maximum Gasteiger partial charge on any atom is 0.307 e. The van der Waals surface area contributed by atoms with E-state index in [-0.39, 0.29) is 6.04 Å². The summed E-state index contributed by atoms with van der Waals surface area (Å²) in [7, 11) is 0. The van der Waals surface area contributed by atoms with Crippen LogP contribution in [0.5, 0.6) is 0 Å². The fraction of sp³-hybridized carbons (Fsp3) is 0.400. The summed E-state index contributed by atoms with van der Waals surface area (Å²) in [6.45, 7) is -3.10. The van der Waals surface area contributed by atoms with Crippen molar-refractivity contribution in [2.24, 2.45) is 0 Å². The zero-order chi connectivity index (χ0) is 13.1. The van der Waals surface area contributed by atoms with Crippen LogP contribution in [-0.2, 0) is 0 Å². The van der Waals surface area contributed by atoms with E-state index in [4.69, 9.17) is 22.2 Å². The lowest BCUT2D eigenvalue weighted by molar-refractivity contribution is -0.129. The van der Waals surface area contributed by atoms with Gasteiger partial charge in [-0.15, -0.1) is 22.2 Å². The quantitative estimate of drug-likeness (QED) is 0.436. The molecule has 0 aliphatic heterocycles. The van der Waals surface area contributed by atoms with Crippen molar-refractivity contribution in [3.63, 3.8) is 0 Å². The van der Waals surface area contributed by atoms with Crippen LogP contribution in [0.3, 0.4) is 0 Å². The van der Waals surface area contributed by atoms with Crippen LogP contribution in [0.2, 0.25) is 6.04 Å². The molecule has 0 heterocycles. The first-order valence-corrected chi connectivity index (χ1v) is 9.08. The molecule has 0 aliphatic carbocycles. The Morgan fingerprint density at radius 1 is 1.12 bits per heavy atom. The van der Waals surface area contributed by atoms with Crippen molar-refractivity contribution in [3.05, 3.63) is 30.3 Å². The smallest absolute Gasteiger partial charge is 0.204 e. The largest absolute Gasteiger partial charge is 0.307 e. The molecule has 0 unspecified atom stereocenters. The van der Waals surface area contributed by atoms with Gasteiger partial charge in [0.15, 0.2) is 0 Å². The number of hydrogen-bond donors (Lipinski definition) is 0. The molecule has 17 heavy (non-hydrogen) atoms. The molecule has 0 atom stereocenters. The van der Waals surface area contributed by atoms with Gasteiger partial charge in [-0.3, -0.25) is 0 Å².